The molecule has 144 valence electrons. The highest BCUT2D eigenvalue weighted by molar-refractivity contribution is 7.14. The SMILES string of the molecule is CCCCCc1cc(N/C=N\c2cc(CCC3CC3)sc2C=O)ccc1O. The van der Waals surface area contributed by atoms with E-state index in [9.17, 15) is 9.90 Å². The van der Waals surface area contributed by atoms with Gasteiger partial charge in [0.15, 0.2) is 6.29 Å². The number of rotatable bonds is 11. The Bertz CT molecular complexity index is 794. The molecule has 1 heterocycles. The van der Waals surface area contributed by atoms with Gasteiger partial charge in [-0.3, -0.25) is 4.79 Å². The van der Waals surface area contributed by atoms with Crippen LogP contribution in [-0.2, 0) is 12.8 Å². The molecule has 2 N–H and O–H groups in total. The molecule has 3 rings (SSSR count). The zero-order valence-electron chi connectivity index (χ0n) is 15.9. The number of nitrogens with one attached hydrogen (secondary N) is 1. The lowest BCUT2D eigenvalue weighted by atomic mass is 10.1. The summed E-state index contributed by atoms with van der Waals surface area (Å²) in [6, 6.07) is 7.54. The molecule has 0 spiro atoms. The standard InChI is InChI=1S/C22H28N2O2S/c1-2-3-4-5-17-12-18(9-11-21(17)26)23-15-24-20-13-19(27-22(20)14-25)10-8-16-6-7-16/h9,11-16,26H,2-8,10H2,1H3,(H,23,24). The monoisotopic (exact) mass is 384 g/mol. The molecular formula is C22H28N2O2S. The Hall–Kier alpha value is -2.14. The van der Waals surface area contributed by atoms with Gasteiger partial charge in [-0.1, -0.05) is 32.6 Å². The van der Waals surface area contributed by atoms with Crippen LogP contribution in [0.3, 0.4) is 0 Å². The third kappa shape index (κ3) is 5.93. The van der Waals surface area contributed by atoms with Gasteiger partial charge >= 0.3 is 0 Å². The highest BCUT2D eigenvalue weighted by Crippen LogP contribution is 2.36. The van der Waals surface area contributed by atoms with Crippen molar-refractivity contribution in [3.05, 3.63) is 39.6 Å². The number of carbonyl (C=O) groups excluding carboxylic acids is 1. The fourth-order valence-electron chi connectivity index (χ4n) is 3.13. The van der Waals surface area contributed by atoms with Crippen molar-refractivity contribution in [2.45, 2.75) is 58.3 Å². The number of aryl methyl sites for hydroxylation is 2. The maximum atomic E-state index is 11.3. The second kappa shape index (κ2) is 9.70. The quantitative estimate of drug-likeness (QED) is 0.161. The Morgan fingerprint density at radius 1 is 1.26 bits per heavy atom. The molecule has 0 saturated heterocycles. The number of anilines is 1. The number of phenolic OH excluding ortho intramolecular Hbond substituents is 1. The van der Waals surface area contributed by atoms with Gasteiger partial charge in [0.05, 0.1) is 16.9 Å². The van der Waals surface area contributed by atoms with Gasteiger partial charge in [-0.2, -0.15) is 0 Å². The second-order valence-corrected chi connectivity index (χ2v) is 8.43. The zero-order valence-corrected chi connectivity index (χ0v) is 16.7. The van der Waals surface area contributed by atoms with Crippen LogP contribution in [-0.4, -0.2) is 17.7 Å². The molecule has 1 aliphatic rings. The van der Waals surface area contributed by atoms with E-state index in [4.69, 9.17) is 0 Å². The van der Waals surface area contributed by atoms with E-state index >= 15 is 0 Å². The third-order valence-corrected chi connectivity index (χ3v) is 6.07. The van der Waals surface area contributed by atoms with Gasteiger partial charge in [0.1, 0.15) is 5.75 Å². The Morgan fingerprint density at radius 2 is 2.11 bits per heavy atom. The minimum atomic E-state index is 0.343. The molecule has 4 nitrogen and oxygen atoms in total. The molecule has 1 aromatic heterocycles. The molecule has 27 heavy (non-hydrogen) atoms. The number of benzene rings is 1. The fraction of sp³-hybridized carbons (Fsp3) is 0.455. The zero-order chi connectivity index (χ0) is 19.1. The Kier molecular flexibility index (Phi) is 7.04. The van der Waals surface area contributed by atoms with Crippen molar-refractivity contribution in [1.29, 1.82) is 0 Å². The summed E-state index contributed by atoms with van der Waals surface area (Å²) in [4.78, 5) is 17.7. The van der Waals surface area contributed by atoms with E-state index in [0.717, 1.165) is 61.2 Å². The van der Waals surface area contributed by atoms with Gasteiger partial charge in [0.2, 0.25) is 0 Å². The third-order valence-electron chi connectivity index (χ3n) is 4.96. The predicted octanol–water partition coefficient (Wildman–Crippen LogP) is 6.11. The summed E-state index contributed by atoms with van der Waals surface area (Å²) < 4.78 is 0. The minimum Gasteiger partial charge on any atom is -0.508 e. The summed E-state index contributed by atoms with van der Waals surface area (Å²) in [5.41, 5.74) is 2.57. The van der Waals surface area contributed by atoms with Crippen LogP contribution in [0.5, 0.6) is 5.75 Å². The molecular weight excluding hydrogens is 356 g/mol. The van der Waals surface area contributed by atoms with Crippen molar-refractivity contribution in [2.75, 3.05) is 5.32 Å². The van der Waals surface area contributed by atoms with Crippen molar-refractivity contribution >= 4 is 35.3 Å². The number of carbonyl (C=O) groups is 1. The normalized spacial score (nSPS) is 14.0. The number of aliphatic imine (C=N–C) groups is 1. The molecule has 0 bridgehead atoms. The van der Waals surface area contributed by atoms with Gasteiger partial charge in [-0.05, 0) is 61.4 Å². The van der Waals surface area contributed by atoms with Gasteiger partial charge in [0, 0.05) is 10.6 Å². The number of unbranched alkanes of at least 4 members (excludes halogenated alkanes) is 2. The highest BCUT2D eigenvalue weighted by Gasteiger charge is 2.21. The molecule has 0 radical (unpaired) electrons. The molecule has 1 aliphatic carbocycles. The topological polar surface area (TPSA) is 61.7 Å². The summed E-state index contributed by atoms with van der Waals surface area (Å²) in [5, 5.41) is 13.2. The lowest BCUT2D eigenvalue weighted by Gasteiger charge is -2.07. The van der Waals surface area contributed by atoms with Crippen LogP contribution in [0.4, 0.5) is 11.4 Å². The van der Waals surface area contributed by atoms with Crippen LogP contribution in [0.2, 0.25) is 0 Å². The lowest BCUT2D eigenvalue weighted by molar-refractivity contribution is 0.112. The van der Waals surface area contributed by atoms with E-state index in [1.54, 1.807) is 23.7 Å². The number of hydrogen-bond donors (Lipinski definition) is 2. The van der Waals surface area contributed by atoms with E-state index in [1.807, 2.05) is 18.2 Å². The lowest BCUT2D eigenvalue weighted by Crippen LogP contribution is -1.96. The molecule has 1 saturated carbocycles. The summed E-state index contributed by atoms with van der Waals surface area (Å²) in [6.45, 7) is 2.17. The van der Waals surface area contributed by atoms with Crippen LogP contribution in [0, 0.1) is 5.92 Å². The van der Waals surface area contributed by atoms with Gasteiger partial charge in [-0.25, -0.2) is 4.99 Å². The van der Waals surface area contributed by atoms with Crippen molar-refractivity contribution < 1.29 is 9.90 Å². The van der Waals surface area contributed by atoms with Crippen molar-refractivity contribution in [1.82, 2.24) is 0 Å². The number of aromatic hydroxyl groups is 1. The van der Waals surface area contributed by atoms with Crippen molar-refractivity contribution in [3.63, 3.8) is 0 Å². The highest BCUT2D eigenvalue weighted by atomic mass is 32.1. The number of thiophene rings is 1. The Morgan fingerprint density at radius 3 is 2.85 bits per heavy atom. The van der Waals surface area contributed by atoms with E-state index in [-0.39, 0.29) is 0 Å². The smallest absolute Gasteiger partial charge is 0.162 e. The van der Waals surface area contributed by atoms with Crippen LogP contribution in [0.25, 0.3) is 0 Å². The number of aldehydes is 1. The molecule has 0 unspecified atom stereocenters. The van der Waals surface area contributed by atoms with E-state index in [1.165, 1.54) is 24.1 Å². The maximum absolute atomic E-state index is 11.3. The first-order valence-electron chi connectivity index (χ1n) is 9.88. The average molecular weight is 385 g/mol. The van der Waals surface area contributed by atoms with Crippen molar-refractivity contribution in [3.8, 4) is 5.75 Å². The molecule has 1 fully saturated rings. The fourth-order valence-corrected chi connectivity index (χ4v) is 4.06. The first-order valence-corrected chi connectivity index (χ1v) is 10.7. The van der Waals surface area contributed by atoms with Gasteiger partial charge < -0.3 is 10.4 Å². The van der Waals surface area contributed by atoms with Gasteiger partial charge in [-0.15, -0.1) is 11.3 Å². The van der Waals surface area contributed by atoms with Crippen LogP contribution in [0.1, 0.15) is 65.6 Å². The van der Waals surface area contributed by atoms with E-state index < -0.39 is 0 Å². The molecule has 0 amide bonds. The summed E-state index contributed by atoms with van der Waals surface area (Å²) in [7, 11) is 0. The Balaban J connectivity index is 1.60. The van der Waals surface area contributed by atoms with Crippen molar-refractivity contribution in [2.24, 2.45) is 10.9 Å². The van der Waals surface area contributed by atoms with Crippen LogP contribution >= 0.6 is 11.3 Å². The predicted molar refractivity (Wildman–Crippen MR) is 114 cm³/mol. The maximum Gasteiger partial charge on any atom is 0.162 e. The number of hydrogen-bond acceptors (Lipinski definition) is 4. The Labute approximate surface area is 165 Å². The van der Waals surface area contributed by atoms with Crippen LogP contribution < -0.4 is 5.32 Å². The number of nitrogens with zero attached hydrogens (tertiary/aromatic N) is 1. The van der Waals surface area contributed by atoms with E-state index in [0.29, 0.717) is 10.6 Å². The molecule has 0 atom stereocenters. The first kappa shape index (κ1) is 19.6. The second-order valence-electron chi connectivity index (χ2n) is 7.27. The minimum absolute atomic E-state index is 0.343. The summed E-state index contributed by atoms with van der Waals surface area (Å²) in [5.74, 6) is 1.23. The van der Waals surface area contributed by atoms with Gasteiger partial charge in [0.25, 0.3) is 0 Å². The van der Waals surface area contributed by atoms with E-state index in [2.05, 4.69) is 17.2 Å². The average Bonchev–Trinajstić information content (AvgIpc) is 3.42. The summed E-state index contributed by atoms with van der Waals surface area (Å²) in [6.07, 6.45) is 11.8. The molecule has 5 heteroatoms. The first-order chi connectivity index (χ1) is 13.2. The summed E-state index contributed by atoms with van der Waals surface area (Å²) >= 11 is 1.55. The van der Waals surface area contributed by atoms with Crippen LogP contribution in [0.15, 0.2) is 29.3 Å². The molecule has 0 aliphatic heterocycles. The molecule has 2 aromatic rings. The molecule has 1 aromatic carbocycles. The number of phenols is 1. The largest absolute Gasteiger partial charge is 0.508 e.